The van der Waals surface area contributed by atoms with E-state index in [4.69, 9.17) is 9.47 Å². The first kappa shape index (κ1) is 17.8. The first-order chi connectivity index (χ1) is 11.9. The van der Waals surface area contributed by atoms with Gasteiger partial charge in [-0.05, 0) is 17.7 Å². The number of ether oxygens (including phenoxy) is 2. The molecule has 1 amide bonds. The summed E-state index contributed by atoms with van der Waals surface area (Å²) in [5.74, 6) is 1.20. The summed E-state index contributed by atoms with van der Waals surface area (Å²) in [5.41, 5.74) is 0.896. The Bertz CT molecular complexity index is 616. The van der Waals surface area contributed by atoms with Gasteiger partial charge in [-0.15, -0.1) is 0 Å². The standard InChI is InChI=1S/C16H20F3N3O3/c17-16(18,19)10-22-5-3-21(4-6-22)9-15(23)20-8-12-1-2-13-14(7-12)25-11-24-13/h1-2,7H,3-6,8-11H2,(H,20,23). The molecule has 3 rings (SSSR count). The molecule has 0 bridgehead atoms. The Labute approximate surface area is 143 Å². The molecule has 6 nitrogen and oxygen atoms in total. The van der Waals surface area contributed by atoms with E-state index in [0.29, 0.717) is 44.2 Å². The highest BCUT2D eigenvalue weighted by molar-refractivity contribution is 5.78. The van der Waals surface area contributed by atoms with Crippen molar-refractivity contribution in [3.05, 3.63) is 23.8 Å². The molecular formula is C16H20F3N3O3. The maximum atomic E-state index is 12.4. The fourth-order valence-electron chi connectivity index (χ4n) is 2.87. The molecule has 2 aliphatic heterocycles. The van der Waals surface area contributed by atoms with Crippen molar-refractivity contribution < 1.29 is 27.4 Å². The van der Waals surface area contributed by atoms with Gasteiger partial charge in [-0.1, -0.05) is 6.07 Å². The number of hydrogen-bond donors (Lipinski definition) is 1. The van der Waals surface area contributed by atoms with Crippen molar-refractivity contribution in [3.63, 3.8) is 0 Å². The molecule has 0 spiro atoms. The highest BCUT2D eigenvalue weighted by Crippen LogP contribution is 2.32. The van der Waals surface area contributed by atoms with Gasteiger partial charge in [-0.3, -0.25) is 14.6 Å². The van der Waals surface area contributed by atoms with Gasteiger partial charge in [0.25, 0.3) is 0 Å². The van der Waals surface area contributed by atoms with E-state index in [9.17, 15) is 18.0 Å². The Kier molecular flexibility index (Phi) is 5.33. The van der Waals surface area contributed by atoms with Gasteiger partial charge in [-0.2, -0.15) is 13.2 Å². The number of amides is 1. The second-order valence-corrected chi connectivity index (χ2v) is 6.13. The molecular weight excluding hydrogens is 339 g/mol. The van der Waals surface area contributed by atoms with Crippen molar-refractivity contribution in [3.8, 4) is 11.5 Å². The molecule has 0 atom stereocenters. The monoisotopic (exact) mass is 359 g/mol. The lowest BCUT2D eigenvalue weighted by Gasteiger charge is -2.34. The fourth-order valence-corrected chi connectivity index (χ4v) is 2.87. The largest absolute Gasteiger partial charge is 0.454 e. The molecule has 1 aromatic rings. The molecule has 0 radical (unpaired) electrons. The molecule has 1 fully saturated rings. The zero-order valence-electron chi connectivity index (χ0n) is 13.6. The number of piperazine rings is 1. The number of halogens is 3. The van der Waals surface area contributed by atoms with Crippen LogP contribution < -0.4 is 14.8 Å². The minimum absolute atomic E-state index is 0.151. The fraction of sp³-hybridized carbons (Fsp3) is 0.562. The minimum atomic E-state index is -4.18. The van der Waals surface area contributed by atoms with Crippen LogP contribution in [0.2, 0.25) is 0 Å². The normalized spacial score (nSPS) is 18.4. The Morgan fingerprint density at radius 1 is 1.08 bits per heavy atom. The van der Waals surface area contributed by atoms with E-state index >= 15 is 0 Å². The van der Waals surface area contributed by atoms with E-state index in [1.165, 1.54) is 4.90 Å². The number of rotatable bonds is 5. The van der Waals surface area contributed by atoms with E-state index < -0.39 is 12.7 Å². The van der Waals surface area contributed by atoms with Crippen LogP contribution in [0.25, 0.3) is 0 Å². The average molecular weight is 359 g/mol. The predicted octanol–water partition coefficient (Wildman–Crippen LogP) is 1.21. The summed E-state index contributed by atoms with van der Waals surface area (Å²) >= 11 is 0. The second kappa shape index (κ2) is 7.49. The lowest BCUT2D eigenvalue weighted by atomic mass is 10.2. The van der Waals surface area contributed by atoms with Gasteiger partial charge >= 0.3 is 6.18 Å². The van der Waals surface area contributed by atoms with Crippen molar-refractivity contribution in [2.45, 2.75) is 12.7 Å². The van der Waals surface area contributed by atoms with Crippen molar-refractivity contribution in [1.29, 1.82) is 0 Å². The molecule has 138 valence electrons. The van der Waals surface area contributed by atoms with E-state index in [1.54, 1.807) is 6.07 Å². The molecule has 1 aromatic carbocycles. The zero-order chi connectivity index (χ0) is 17.9. The first-order valence-corrected chi connectivity index (χ1v) is 8.06. The third-order valence-corrected chi connectivity index (χ3v) is 4.16. The SMILES string of the molecule is O=C(CN1CCN(CC(F)(F)F)CC1)NCc1ccc2c(c1)OCO2. The van der Waals surface area contributed by atoms with Crippen molar-refractivity contribution >= 4 is 5.91 Å². The summed E-state index contributed by atoms with van der Waals surface area (Å²) in [6.45, 7) is 1.39. The highest BCUT2D eigenvalue weighted by atomic mass is 19.4. The Balaban J connectivity index is 1.39. The molecule has 0 saturated carbocycles. The molecule has 0 unspecified atom stereocenters. The van der Waals surface area contributed by atoms with E-state index in [0.717, 1.165) is 5.56 Å². The van der Waals surface area contributed by atoms with E-state index in [-0.39, 0.29) is 19.2 Å². The summed E-state index contributed by atoms with van der Waals surface area (Å²) in [4.78, 5) is 15.3. The predicted molar refractivity (Wildman–Crippen MR) is 83.3 cm³/mol. The summed E-state index contributed by atoms with van der Waals surface area (Å²) in [6, 6.07) is 5.46. The molecule has 2 aliphatic rings. The van der Waals surface area contributed by atoms with Crippen LogP contribution in [0, 0.1) is 0 Å². The van der Waals surface area contributed by atoms with Crippen LogP contribution in [0.4, 0.5) is 13.2 Å². The Hall–Kier alpha value is -2.00. The number of carbonyl (C=O) groups is 1. The number of nitrogens with one attached hydrogen (secondary N) is 1. The topological polar surface area (TPSA) is 54.0 Å². The first-order valence-electron chi connectivity index (χ1n) is 8.06. The van der Waals surface area contributed by atoms with E-state index in [1.807, 2.05) is 17.0 Å². The number of nitrogens with zero attached hydrogens (tertiary/aromatic N) is 2. The molecule has 0 aliphatic carbocycles. The van der Waals surface area contributed by atoms with Crippen LogP contribution in [0.15, 0.2) is 18.2 Å². The average Bonchev–Trinajstić information content (AvgIpc) is 3.01. The highest BCUT2D eigenvalue weighted by Gasteiger charge is 2.32. The smallest absolute Gasteiger partial charge is 0.401 e. The molecule has 9 heteroatoms. The number of benzene rings is 1. The second-order valence-electron chi connectivity index (χ2n) is 6.13. The molecule has 0 aromatic heterocycles. The van der Waals surface area contributed by atoms with Crippen LogP contribution in [-0.2, 0) is 11.3 Å². The summed E-state index contributed by atoms with van der Waals surface area (Å²) in [7, 11) is 0. The van der Waals surface area contributed by atoms with Gasteiger partial charge in [0, 0.05) is 32.7 Å². The molecule has 25 heavy (non-hydrogen) atoms. The van der Waals surface area contributed by atoms with Gasteiger partial charge < -0.3 is 14.8 Å². The van der Waals surface area contributed by atoms with Gasteiger partial charge in [0.15, 0.2) is 11.5 Å². The Morgan fingerprint density at radius 3 is 2.48 bits per heavy atom. The molecule has 2 heterocycles. The van der Waals surface area contributed by atoms with E-state index in [2.05, 4.69) is 5.32 Å². The lowest BCUT2D eigenvalue weighted by Crippen LogP contribution is -2.51. The summed E-state index contributed by atoms with van der Waals surface area (Å²) in [6.07, 6.45) is -4.18. The van der Waals surface area contributed by atoms with Crippen LogP contribution in [0.5, 0.6) is 11.5 Å². The van der Waals surface area contributed by atoms with Crippen molar-refractivity contribution in [2.75, 3.05) is 46.1 Å². The third-order valence-electron chi connectivity index (χ3n) is 4.16. The number of carbonyl (C=O) groups excluding carboxylic acids is 1. The zero-order valence-corrected chi connectivity index (χ0v) is 13.6. The maximum absolute atomic E-state index is 12.4. The quantitative estimate of drug-likeness (QED) is 0.857. The van der Waals surface area contributed by atoms with Crippen LogP contribution >= 0.6 is 0 Å². The summed E-state index contributed by atoms with van der Waals surface area (Å²) in [5, 5.41) is 2.82. The van der Waals surface area contributed by atoms with Crippen LogP contribution in [0.3, 0.4) is 0 Å². The molecule has 1 saturated heterocycles. The number of alkyl halides is 3. The lowest BCUT2D eigenvalue weighted by molar-refractivity contribution is -0.150. The van der Waals surface area contributed by atoms with Gasteiger partial charge in [-0.25, -0.2) is 0 Å². The van der Waals surface area contributed by atoms with Crippen molar-refractivity contribution in [2.24, 2.45) is 0 Å². The van der Waals surface area contributed by atoms with Crippen LogP contribution in [0.1, 0.15) is 5.56 Å². The number of fused-ring (bicyclic) bond motifs is 1. The van der Waals surface area contributed by atoms with Crippen LogP contribution in [-0.4, -0.2) is 67.9 Å². The summed E-state index contributed by atoms with van der Waals surface area (Å²) < 4.78 is 47.6. The van der Waals surface area contributed by atoms with Gasteiger partial charge in [0.05, 0.1) is 13.1 Å². The molecule has 1 N–H and O–H groups in total. The van der Waals surface area contributed by atoms with Gasteiger partial charge in [0.2, 0.25) is 12.7 Å². The maximum Gasteiger partial charge on any atom is 0.401 e. The van der Waals surface area contributed by atoms with Crippen molar-refractivity contribution in [1.82, 2.24) is 15.1 Å². The number of hydrogen-bond acceptors (Lipinski definition) is 5. The third kappa shape index (κ3) is 5.23. The van der Waals surface area contributed by atoms with Gasteiger partial charge in [0.1, 0.15) is 0 Å². The Morgan fingerprint density at radius 2 is 1.76 bits per heavy atom. The minimum Gasteiger partial charge on any atom is -0.454 e.